The lowest BCUT2D eigenvalue weighted by atomic mass is 10.1. The first kappa shape index (κ1) is 18.9. The van der Waals surface area contributed by atoms with Crippen LogP contribution < -0.4 is 5.32 Å². The molecule has 3 aliphatic rings. The number of thioether (sulfide) groups is 1. The van der Waals surface area contributed by atoms with E-state index in [-0.39, 0.29) is 24.3 Å². The third-order valence-electron chi connectivity index (χ3n) is 5.22. The Morgan fingerprint density at radius 3 is 2.86 bits per heavy atom. The van der Waals surface area contributed by atoms with Gasteiger partial charge in [-0.05, 0) is 59.9 Å². The van der Waals surface area contributed by atoms with Gasteiger partial charge in [0.1, 0.15) is 5.71 Å². The molecule has 0 aromatic heterocycles. The molecule has 0 bridgehead atoms. The largest absolute Gasteiger partial charge is 0.501 e. The van der Waals surface area contributed by atoms with E-state index in [1.54, 1.807) is 6.08 Å². The van der Waals surface area contributed by atoms with Gasteiger partial charge in [-0.25, -0.2) is 4.79 Å². The van der Waals surface area contributed by atoms with Gasteiger partial charge in [0, 0.05) is 5.69 Å². The quantitative estimate of drug-likeness (QED) is 0.775. The minimum atomic E-state index is -0.441. The molecule has 0 saturated carbocycles. The third-order valence-corrected chi connectivity index (χ3v) is 6.23. The standard InChI is InChI=1S/C21H23N3O3S/c1-13(2)11-24-20(26)19-17(8-9-28-19)23(21(24)27)12-18(25)22-16-7-6-14-4-3-5-15(14)10-16/h6-10,13,19H,3-5,11-12H2,1-2H3/p+1. The van der Waals surface area contributed by atoms with Gasteiger partial charge < -0.3 is 5.32 Å². The predicted octanol–water partition coefficient (Wildman–Crippen LogP) is 2.81. The van der Waals surface area contributed by atoms with E-state index in [1.807, 2.05) is 31.4 Å². The molecule has 4 amide bonds. The second-order valence-corrected chi connectivity index (χ2v) is 8.86. The van der Waals surface area contributed by atoms with Gasteiger partial charge in [0.25, 0.3) is 5.91 Å². The Bertz CT molecular complexity index is 919. The monoisotopic (exact) mass is 398 g/mol. The van der Waals surface area contributed by atoms with Crippen LogP contribution in [-0.4, -0.2) is 51.4 Å². The highest BCUT2D eigenvalue weighted by molar-refractivity contribution is 8.04. The average molecular weight is 399 g/mol. The molecule has 1 atom stereocenters. The molecular formula is C21H24N3O3S+. The number of urea groups is 1. The zero-order valence-corrected chi connectivity index (χ0v) is 16.9. The lowest BCUT2D eigenvalue weighted by molar-refractivity contribution is -0.426. The summed E-state index contributed by atoms with van der Waals surface area (Å²) in [5.41, 5.74) is 3.98. The zero-order valence-electron chi connectivity index (χ0n) is 16.1. The number of benzene rings is 1. The van der Waals surface area contributed by atoms with E-state index in [0.717, 1.165) is 24.9 Å². The Morgan fingerprint density at radius 2 is 2.07 bits per heavy atom. The maximum atomic E-state index is 12.9. The molecule has 146 valence electrons. The van der Waals surface area contributed by atoms with Crippen molar-refractivity contribution in [1.82, 2.24) is 4.90 Å². The van der Waals surface area contributed by atoms with Crippen molar-refractivity contribution in [2.45, 2.75) is 38.4 Å². The van der Waals surface area contributed by atoms with E-state index in [1.165, 1.54) is 32.4 Å². The van der Waals surface area contributed by atoms with Crippen LogP contribution in [0.2, 0.25) is 0 Å². The SMILES string of the molecule is CC(C)CN1C(=O)C2SC=CC2=[N+](CC(=O)Nc2ccc3c(c2)CCC3)C1=O. The van der Waals surface area contributed by atoms with Crippen molar-refractivity contribution in [2.24, 2.45) is 5.92 Å². The van der Waals surface area contributed by atoms with E-state index in [9.17, 15) is 14.4 Å². The van der Waals surface area contributed by atoms with Crippen LogP contribution in [0, 0.1) is 5.92 Å². The van der Waals surface area contributed by atoms with Gasteiger partial charge in [-0.3, -0.25) is 4.79 Å². The van der Waals surface area contributed by atoms with E-state index in [2.05, 4.69) is 11.4 Å². The number of aryl methyl sites for hydroxylation is 2. The molecule has 0 saturated heterocycles. The van der Waals surface area contributed by atoms with E-state index >= 15 is 0 Å². The number of allylic oxidation sites excluding steroid dienone is 1. The fraction of sp³-hybridized carbons (Fsp3) is 0.429. The molecule has 28 heavy (non-hydrogen) atoms. The molecule has 1 N–H and O–H groups in total. The number of hydrogen-bond acceptors (Lipinski definition) is 4. The summed E-state index contributed by atoms with van der Waals surface area (Å²) in [4.78, 5) is 39.6. The summed E-state index contributed by atoms with van der Waals surface area (Å²) in [5.74, 6) is -0.295. The molecule has 1 aliphatic carbocycles. The number of hydrogen-bond donors (Lipinski definition) is 1. The first-order chi connectivity index (χ1) is 13.4. The first-order valence-corrected chi connectivity index (χ1v) is 10.6. The van der Waals surface area contributed by atoms with Crippen molar-refractivity contribution in [2.75, 3.05) is 18.4 Å². The Kier molecular flexibility index (Phi) is 5.10. The molecule has 4 rings (SSSR count). The molecule has 2 heterocycles. The molecule has 0 radical (unpaired) electrons. The van der Waals surface area contributed by atoms with Crippen LogP contribution in [-0.2, 0) is 22.4 Å². The number of nitrogens with one attached hydrogen (secondary N) is 1. The summed E-state index contributed by atoms with van der Waals surface area (Å²) in [5, 5.41) is 4.28. The molecule has 0 spiro atoms. The van der Waals surface area contributed by atoms with Crippen LogP contribution in [0.3, 0.4) is 0 Å². The molecule has 1 aromatic carbocycles. The van der Waals surface area contributed by atoms with Crippen LogP contribution in [0.4, 0.5) is 10.5 Å². The van der Waals surface area contributed by atoms with Crippen molar-refractivity contribution >= 4 is 41.0 Å². The van der Waals surface area contributed by atoms with E-state index in [0.29, 0.717) is 12.3 Å². The van der Waals surface area contributed by atoms with Gasteiger partial charge in [0.05, 0.1) is 6.54 Å². The average Bonchev–Trinajstić information content (AvgIpc) is 3.31. The van der Waals surface area contributed by atoms with Crippen molar-refractivity contribution in [3.05, 3.63) is 40.8 Å². The fourth-order valence-corrected chi connectivity index (χ4v) is 4.90. The molecule has 0 fully saturated rings. The minimum absolute atomic E-state index is 0.103. The summed E-state index contributed by atoms with van der Waals surface area (Å²) >= 11 is 1.38. The van der Waals surface area contributed by atoms with Crippen LogP contribution >= 0.6 is 11.8 Å². The van der Waals surface area contributed by atoms with Crippen LogP contribution in [0.5, 0.6) is 0 Å². The highest BCUT2D eigenvalue weighted by atomic mass is 32.2. The Hall–Kier alpha value is -2.41. The number of nitrogens with zero attached hydrogens (tertiary/aromatic N) is 2. The summed E-state index contributed by atoms with van der Waals surface area (Å²) in [6.07, 6.45) is 5.05. The van der Waals surface area contributed by atoms with Gasteiger partial charge in [0.2, 0.25) is 0 Å². The molecular weight excluding hydrogens is 374 g/mol. The normalized spacial score (nSPS) is 20.8. The van der Waals surface area contributed by atoms with Crippen molar-refractivity contribution in [3.63, 3.8) is 0 Å². The number of rotatable bonds is 5. The second-order valence-electron chi connectivity index (χ2n) is 7.84. The summed E-state index contributed by atoms with van der Waals surface area (Å²) in [7, 11) is 0. The number of imide groups is 1. The maximum Gasteiger partial charge on any atom is 0.501 e. The lowest BCUT2D eigenvalue weighted by Crippen LogP contribution is -2.57. The maximum absolute atomic E-state index is 12.9. The van der Waals surface area contributed by atoms with Gasteiger partial charge in [-0.1, -0.05) is 19.9 Å². The minimum Gasteiger partial charge on any atom is -0.323 e. The first-order valence-electron chi connectivity index (χ1n) is 9.67. The van der Waals surface area contributed by atoms with E-state index < -0.39 is 11.3 Å². The van der Waals surface area contributed by atoms with Crippen molar-refractivity contribution in [1.29, 1.82) is 0 Å². The molecule has 1 aromatic rings. The lowest BCUT2D eigenvalue weighted by Gasteiger charge is -2.25. The Labute approximate surface area is 168 Å². The van der Waals surface area contributed by atoms with Gasteiger partial charge in [0.15, 0.2) is 11.8 Å². The highest BCUT2D eigenvalue weighted by Gasteiger charge is 2.49. The number of carbonyl (C=O) groups excluding carboxylic acids is 3. The number of fused-ring (bicyclic) bond motifs is 2. The Balaban J connectivity index is 1.54. The third kappa shape index (κ3) is 3.51. The molecule has 2 aliphatic heterocycles. The fourth-order valence-electron chi connectivity index (χ4n) is 3.94. The van der Waals surface area contributed by atoms with Crippen molar-refractivity contribution < 1.29 is 19.0 Å². The smallest absolute Gasteiger partial charge is 0.323 e. The predicted molar refractivity (Wildman–Crippen MR) is 110 cm³/mol. The second kappa shape index (κ2) is 7.54. The van der Waals surface area contributed by atoms with Crippen LogP contribution in [0.15, 0.2) is 29.7 Å². The molecule has 7 heteroatoms. The highest BCUT2D eigenvalue weighted by Crippen LogP contribution is 2.28. The summed E-state index contributed by atoms with van der Waals surface area (Å²) < 4.78 is 1.44. The number of carbonyl (C=O) groups is 3. The zero-order chi connectivity index (χ0) is 19.8. The van der Waals surface area contributed by atoms with Crippen molar-refractivity contribution in [3.8, 4) is 0 Å². The number of anilines is 1. The van der Waals surface area contributed by atoms with Gasteiger partial charge in [-0.2, -0.15) is 14.3 Å². The van der Waals surface area contributed by atoms with Gasteiger partial charge in [-0.15, -0.1) is 11.8 Å². The van der Waals surface area contributed by atoms with Gasteiger partial charge >= 0.3 is 11.9 Å². The van der Waals surface area contributed by atoms with E-state index in [4.69, 9.17) is 0 Å². The van der Waals surface area contributed by atoms with Crippen LogP contribution in [0.25, 0.3) is 0 Å². The molecule has 6 nitrogen and oxygen atoms in total. The number of amides is 4. The molecule has 1 unspecified atom stereocenters. The Morgan fingerprint density at radius 1 is 1.29 bits per heavy atom. The summed E-state index contributed by atoms with van der Waals surface area (Å²) in [6, 6.07) is 5.58. The summed E-state index contributed by atoms with van der Waals surface area (Å²) in [6.45, 7) is 4.18. The van der Waals surface area contributed by atoms with Crippen LogP contribution in [0.1, 0.15) is 31.4 Å². The topological polar surface area (TPSA) is 69.5 Å².